The number of likely N-dealkylation sites (N-methyl/N-ethyl adjacent to an activating group) is 1. The Labute approximate surface area is 145 Å². The van der Waals surface area contributed by atoms with Crippen LogP contribution in [0.1, 0.15) is 19.4 Å². The van der Waals surface area contributed by atoms with Crippen molar-refractivity contribution in [1.29, 1.82) is 0 Å². The molecule has 0 saturated carbocycles. The summed E-state index contributed by atoms with van der Waals surface area (Å²) in [6.45, 7) is 3.85. The van der Waals surface area contributed by atoms with Crippen LogP contribution in [-0.2, 0) is 15.0 Å². The summed E-state index contributed by atoms with van der Waals surface area (Å²) in [4.78, 5) is 25.0. The minimum absolute atomic E-state index is 0.0763. The molecule has 0 saturated heterocycles. The lowest BCUT2D eigenvalue weighted by atomic mass is 9.85. The number of carbonyl (C=O) groups excluding carboxylic acids is 2. The van der Waals surface area contributed by atoms with Crippen LogP contribution < -0.4 is 10.6 Å². The van der Waals surface area contributed by atoms with Crippen LogP contribution in [0.4, 0.5) is 5.69 Å². The third-order valence-electron chi connectivity index (χ3n) is 4.29. The summed E-state index contributed by atoms with van der Waals surface area (Å²) in [5.41, 5.74) is 8.27. The summed E-state index contributed by atoms with van der Waals surface area (Å²) < 4.78 is 1.47. The molecule has 6 nitrogen and oxygen atoms in total. The van der Waals surface area contributed by atoms with Gasteiger partial charge in [0.2, 0.25) is 11.8 Å². The van der Waals surface area contributed by atoms with Crippen LogP contribution in [0.2, 0.25) is 0 Å². The topological polar surface area (TPSA) is 81.2 Å². The number of hydrogen-bond acceptors (Lipinski definition) is 4. The maximum Gasteiger partial charge on any atom is 0.244 e. The Hall–Kier alpha value is -2.54. The number of amides is 2. The van der Waals surface area contributed by atoms with E-state index in [1.165, 1.54) is 10.8 Å². The molecule has 0 atom stereocenters. The highest BCUT2D eigenvalue weighted by Gasteiger charge is 2.42. The highest BCUT2D eigenvalue weighted by molar-refractivity contribution is 7.90. The third kappa shape index (κ3) is 2.50. The van der Waals surface area contributed by atoms with Gasteiger partial charge in [-0.25, -0.2) is 4.68 Å². The van der Waals surface area contributed by atoms with Crippen molar-refractivity contribution in [1.82, 2.24) is 9.78 Å². The first-order chi connectivity index (χ1) is 11.2. The SMILES string of the molecule is CN1C(=O)C(C)(C)c2cc(-c3cnn(/C(S)=C/C(N)=O)c3)ccc21. The van der Waals surface area contributed by atoms with E-state index >= 15 is 0 Å². The standard InChI is InChI=1S/C17H18N4O2S/c1-17(2)12-6-10(4-5-13(12)20(3)16(17)23)11-8-19-21(9-11)15(24)7-14(18)22/h4-9,24H,1-3H3,(H2,18,22)/b15-7-. The molecule has 2 heterocycles. The summed E-state index contributed by atoms with van der Waals surface area (Å²) in [6.07, 6.45) is 4.64. The van der Waals surface area contributed by atoms with Crippen molar-refractivity contribution in [3.8, 4) is 11.1 Å². The predicted octanol–water partition coefficient (Wildman–Crippen LogP) is 2.02. The molecule has 1 aliphatic rings. The molecular formula is C17H18N4O2S. The largest absolute Gasteiger partial charge is 0.366 e. The predicted molar refractivity (Wildman–Crippen MR) is 96.6 cm³/mol. The molecular weight excluding hydrogens is 324 g/mol. The zero-order chi connectivity index (χ0) is 17.6. The van der Waals surface area contributed by atoms with Gasteiger partial charge in [0.15, 0.2) is 0 Å². The van der Waals surface area contributed by atoms with Gasteiger partial charge in [0.25, 0.3) is 0 Å². The van der Waals surface area contributed by atoms with E-state index in [0.717, 1.165) is 22.4 Å². The van der Waals surface area contributed by atoms with E-state index in [2.05, 4.69) is 17.7 Å². The summed E-state index contributed by atoms with van der Waals surface area (Å²) in [6, 6.07) is 5.89. The number of aromatic nitrogens is 2. The Morgan fingerprint density at radius 3 is 2.71 bits per heavy atom. The third-order valence-corrected chi connectivity index (χ3v) is 4.63. The summed E-state index contributed by atoms with van der Waals surface area (Å²) in [7, 11) is 1.79. The van der Waals surface area contributed by atoms with Crippen molar-refractivity contribution >= 4 is 35.2 Å². The second-order valence-corrected chi connectivity index (χ2v) is 6.76. The van der Waals surface area contributed by atoms with E-state index in [-0.39, 0.29) is 5.91 Å². The van der Waals surface area contributed by atoms with Gasteiger partial charge in [0.1, 0.15) is 0 Å². The van der Waals surface area contributed by atoms with Gasteiger partial charge in [0.05, 0.1) is 16.6 Å². The second-order valence-electron chi connectivity index (χ2n) is 6.30. The first kappa shape index (κ1) is 16.3. The number of rotatable bonds is 3. The molecule has 0 bridgehead atoms. The Morgan fingerprint density at radius 2 is 2.04 bits per heavy atom. The van der Waals surface area contributed by atoms with Gasteiger partial charge in [-0.1, -0.05) is 6.07 Å². The van der Waals surface area contributed by atoms with E-state index in [9.17, 15) is 9.59 Å². The van der Waals surface area contributed by atoms with E-state index in [4.69, 9.17) is 5.73 Å². The maximum atomic E-state index is 12.4. The zero-order valence-corrected chi connectivity index (χ0v) is 14.5. The maximum absolute atomic E-state index is 12.4. The van der Waals surface area contributed by atoms with Gasteiger partial charge < -0.3 is 10.6 Å². The van der Waals surface area contributed by atoms with Crippen molar-refractivity contribution in [3.63, 3.8) is 0 Å². The number of nitrogens with zero attached hydrogens (tertiary/aromatic N) is 3. The van der Waals surface area contributed by atoms with Gasteiger partial charge in [-0.3, -0.25) is 9.59 Å². The lowest BCUT2D eigenvalue weighted by molar-refractivity contribution is -0.121. The van der Waals surface area contributed by atoms with Gasteiger partial charge in [-0.2, -0.15) is 5.10 Å². The Morgan fingerprint density at radius 1 is 1.33 bits per heavy atom. The van der Waals surface area contributed by atoms with E-state index in [1.54, 1.807) is 24.3 Å². The number of fused-ring (bicyclic) bond motifs is 1. The fourth-order valence-electron chi connectivity index (χ4n) is 2.94. The normalized spacial score (nSPS) is 16.4. The minimum Gasteiger partial charge on any atom is -0.366 e. The molecule has 1 aromatic heterocycles. The molecule has 0 fully saturated rings. The number of anilines is 1. The average Bonchev–Trinajstić information content (AvgIpc) is 3.07. The molecule has 0 aliphatic carbocycles. The summed E-state index contributed by atoms with van der Waals surface area (Å²) in [5.74, 6) is -0.509. The summed E-state index contributed by atoms with van der Waals surface area (Å²) >= 11 is 4.21. The summed E-state index contributed by atoms with van der Waals surface area (Å²) in [5, 5.41) is 4.53. The smallest absolute Gasteiger partial charge is 0.244 e. The van der Waals surface area contributed by atoms with Crippen LogP contribution in [-0.4, -0.2) is 28.6 Å². The Bertz CT molecular complexity index is 882. The molecule has 0 spiro atoms. The fourth-order valence-corrected chi connectivity index (χ4v) is 3.18. The van der Waals surface area contributed by atoms with Crippen molar-refractivity contribution < 1.29 is 9.59 Å². The molecule has 2 aromatic rings. The van der Waals surface area contributed by atoms with Gasteiger partial charge in [0, 0.05) is 30.6 Å². The fraction of sp³-hybridized carbons (Fsp3) is 0.235. The number of hydrogen-bond donors (Lipinski definition) is 2. The van der Waals surface area contributed by atoms with Crippen molar-refractivity contribution in [3.05, 3.63) is 42.2 Å². The second kappa shape index (κ2) is 5.52. The molecule has 2 amide bonds. The molecule has 0 radical (unpaired) electrons. The van der Waals surface area contributed by atoms with Crippen LogP contribution in [0, 0.1) is 0 Å². The first-order valence-corrected chi connectivity index (χ1v) is 7.84. The number of thiol groups is 1. The highest BCUT2D eigenvalue weighted by atomic mass is 32.1. The molecule has 0 unspecified atom stereocenters. The van der Waals surface area contributed by atoms with Crippen molar-refractivity contribution in [2.75, 3.05) is 11.9 Å². The molecule has 24 heavy (non-hydrogen) atoms. The van der Waals surface area contributed by atoms with E-state index in [0.29, 0.717) is 5.03 Å². The molecule has 1 aromatic carbocycles. The lowest BCUT2D eigenvalue weighted by Crippen LogP contribution is -2.33. The van der Waals surface area contributed by atoms with Crippen LogP contribution >= 0.6 is 12.6 Å². The van der Waals surface area contributed by atoms with Crippen molar-refractivity contribution in [2.45, 2.75) is 19.3 Å². The number of nitrogens with two attached hydrogens (primary N) is 1. The van der Waals surface area contributed by atoms with Gasteiger partial charge in [-0.05, 0) is 37.1 Å². The number of primary amides is 1. The van der Waals surface area contributed by atoms with E-state index in [1.807, 2.05) is 32.0 Å². The lowest BCUT2D eigenvalue weighted by Gasteiger charge is -2.16. The van der Waals surface area contributed by atoms with E-state index < -0.39 is 11.3 Å². The molecule has 1 aliphatic heterocycles. The number of benzene rings is 1. The van der Waals surface area contributed by atoms with Crippen LogP contribution in [0.3, 0.4) is 0 Å². The van der Waals surface area contributed by atoms with Gasteiger partial charge >= 0.3 is 0 Å². The molecule has 124 valence electrons. The van der Waals surface area contributed by atoms with Crippen LogP contribution in [0.25, 0.3) is 16.2 Å². The molecule has 2 N–H and O–H groups in total. The highest BCUT2D eigenvalue weighted by Crippen LogP contribution is 2.42. The quantitative estimate of drug-likeness (QED) is 0.661. The molecule has 7 heteroatoms. The average molecular weight is 342 g/mol. The first-order valence-electron chi connectivity index (χ1n) is 7.40. The minimum atomic E-state index is -0.585. The Kier molecular flexibility index (Phi) is 3.76. The zero-order valence-electron chi connectivity index (χ0n) is 13.6. The molecule has 3 rings (SSSR count). The monoisotopic (exact) mass is 342 g/mol. The van der Waals surface area contributed by atoms with Crippen LogP contribution in [0.15, 0.2) is 36.7 Å². The number of carbonyl (C=O) groups is 2. The Balaban J connectivity index is 2.02. The van der Waals surface area contributed by atoms with Crippen LogP contribution in [0.5, 0.6) is 0 Å². The van der Waals surface area contributed by atoms with Crippen molar-refractivity contribution in [2.24, 2.45) is 5.73 Å². The van der Waals surface area contributed by atoms with Gasteiger partial charge in [-0.15, -0.1) is 12.6 Å².